The van der Waals surface area contributed by atoms with Crippen LogP contribution < -0.4 is 10.6 Å². The molecule has 5 atom stereocenters. The third kappa shape index (κ3) is 3.71. The average molecular weight is 516 g/mol. The Hall–Kier alpha value is -2.19. The zero-order valence-electron chi connectivity index (χ0n) is 18.9. The van der Waals surface area contributed by atoms with Crippen molar-refractivity contribution >= 4 is 39.3 Å². The van der Waals surface area contributed by atoms with Crippen LogP contribution in [-0.2, 0) is 19.1 Å². The van der Waals surface area contributed by atoms with Gasteiger partial charge in [-0.3, -0.25) is 14.4 Å². The third-order valence-electron chi connectivity index (χ3n) is 7.48. The standard InChI is InChI=1S/C25H30BrN3O4/c1-14(2)29-21(23(31)28-16-6-4-3-5-7-16)25-13-12-18(33-25)19(20(25)24(29)32)22(30)27-17-10-8-15(26)9-11-17/h8-14,16,18-21H,3-7H2,1-2H3,(H,27,30)(H,28,31). The Morgan fingerprint density at radius 1 is 1.12 bits per heavy atom. The molecule has 1 aliphatic carbocycles. The molecule has 0 radical (unpaired) electrons. The third-order valence-corrected chi connectivity index (χ3v) is 8.01. The van der Waals surface area contributed by atoms with Gasteiger partial charge in [-0.2, -0.15) is 0 Å². The highest BCUT2D eigenvalue weighted by atomic mass is 79.9. The summed E-state index contributed by atoms with van der Waals surface area (Å²) >= 11 is 3.39. The summed E-state index contributed by atoms with van der Waals surface area (Å²) in [6, 6.07) is 6.47. The Kier molecular flexibility index (Phi) is 5.85. The van der Waals surface area contributed by atoms with Crippen LogP contribution in [0.15, 0.2) is 40.9 Å². The van der Waals surface area contributed by atoms with E-state index >= 15 is 0 Å². The van der Waals surface area contributed by atoms with Gasteiger partial charge < -0.3 is 20.3 Å². The van der Waals surface area contributed by atoms with E-state index in [4.69, 9.17) is 4.74 Å². The predicted octanol–water partition coefficient (Wildman–Crippen LogP) is 3.40. The van der Waals surface area contributed by atoms with Crippen LogP contribution in [0.5, 0.6) is 0 Å². The smallest absolute Gasteiger partial charge is 0.246 e. The minimum Gasteiger partial charge on any atom is -0.359 e. The van der Waals surface area contributed by atoms with E-state index in [0.29, 0.717) is 5.69 Å². The second-order valence-electron chi connectivity index (χ2n) is 9.88. The molecular weight excluding hydrogens is 486 g/mol. The molecule has 1 aromatic rings. The molecule has 5 rings (SSSR count). The molecule has 3 fully saturated rings. The monoisotopic (exact) mass is 515 g/mol. The highest BCUT2D eigenvalue weighted by Gasteiger charge is 2.73. The molecule has 33 heavy (non-hydrogen) atoms. The summed E-state index contributed by atoms with van der Waals surface area (Å²) in [6.07, 6.45) is 8.51. The van der Waals surface area contributed by atoms with Crippen molar-refractivity contribution in [2.75, 3.05) is 5.32 Å². The van der Waals surface area contributed by atoms with Gasteiger partial charge in [0.1, 0.15) is 11.6 Å². The summed E-state index contributed by atoms with van der Waals surface area (Å²) in [5.41, 5.74) is -0.450. The molecule has 2 N–H and O–H groups in total. The summed E-state index contributed by atoms with van der Waals surface area (Å²) < 4.78 is 7.26. The second-order valence-corrected chi connectivity index (χ2v) is 10.8. The minimum atomic E-state index is -1.10. The number of carbonyl (C=O) groups is 3. The van der Waals surface area contributed by atoms with Crippen molar-refractivity contribution in [1.29, 1.82) is 0 Å². The molecule has 0 aromatic heterocycles. The zero-order valence-corrected chi connectivity index (χ0v) is 20.5. The van der Waals surface area contributed by atoms with Crippen molar-refractivity contribution in [2.24, 2.45) is 11.8 Å². The molecule has 1 aromatic carbocycles. The van der Waals surface area contributed by atoms with E-state index in [0.717, 1.165) is 30.2 Å². The van der Waals surface area contributed by atoms with Crippen LogP contribution >= 0.6 is 15.9 Å². The summed E-state index contributed by atoms with van der Waals surface area (Å²) in [5, 5.41) is 6.13. The van der Waals surface area contributed by atoms with Gasteiger partial charge in [-0.1, -0.05) is 47.3 Å². The van der Waals surface area contributed by atoms with Gasteiger partial charge in [-0.15, -0.1) is 0 Å². The van der Waals surface area contributed by atoms with E-state index in [9.17, 15) is 14.4 Å². The van der Waals surface area contributed by atoms with Crippen LogP contribution in [0.3, 0.4) is 0 Å². The Labute approximate surface area is 202 Å². The Morgan fingerprint density at radius 2 is 1.82 bits per heavy atom. The van der Waals surface area contributed by atoms with Crippen LogP contribution in [0.25, 0.3) is 0 Å². The Balaban J connectivity index is 1.43. The van der Waals surface area contributed by atoms with Crippen LogP contribution in [-0.4, -0.2) is 52.5 Å². The van der Waals surface area contributed by atoms with E-state index in [-0.39, 0.29) is 29.8 Å². The van der Waals surface area contributed by atoms with Crippen molar-refractivity contribution in [3.8, 4) is 0 Å². The Bertz CT molecular complexity index is 988. The fraction of sp³-hybridized carbons (Fsp3) is 0.560. The van der Waals surface area contributed by atoms with Crippen molar-refractivity contribution < 1.29 is 19.1 Å². The highest BCUT2D eigenvalue weighted by Crippen LogP contribution is 2.55. The van der Waals surface area contributed by atoms with Gasteiger partial charge in [0.25, 0.3) is 0 Å². The SMILES string of the molecule is CC(C)N1C(=O)C2C(C(=O)Nc3ccc(Br)cc3)C3C=CC2(O3)C1C(=O)NC1CCCCC1. The van der Waals surface area contributed by atoms with Crippen molar-refractivity contribution in [2.45, 2.75) is 75.8 Å². The first kappa shape index (κ1) is 22.6. The number of halogens is 1. The van der Waals surface area contributed by atoms with Gasteiger partial charge in [-0.25, -0.2) is 0 Å². The number of hydrogen-bond acceptors (Lipinski definition) is 4. The molecule has 3 aliphatic heterocycles. The van der Waals surface area contributed by atoms with Crippen LogP contribution in [0.1, 0.15) is 46.0 Å². The number of rotatable bonds is 5. The van der Waals surface area contributed by atoms with Gasteiger partial charge >= 0.3 is 0 Å². The lowest BCUT2D eigenvalue weighted by atomic mass is 9.74. The lowest BCUT2D eigenvalue weighted by molar-refractivity contribution is -0.143. The number of amides is 3. The van der Waals surface area contributed by atoms with Crippen molar-refractivity contribution in [1.82, 2.24) is 10.2 Å². The first-order chi connectivity index (χ1) is 15.8. The summed E-state index contributed by atoms with van der Waals surface area (Å²) in [5.74, 6) is -2.02. The molecule has 7 nitrogen and oxygen atoms in total. The number of fused-ring (bicyclic) bond motifs is 1. The second kappa shape index (κ2) is 8.55. The molecule has 5 unspecified atom stereocenters. The van der Waals surface area contributed by atoms with E-state index in [1.165, 1.54) is 6.42 Å². The van der Waals surface area contributed by atoms with E-state index in [1.807, 2.05) is 38.1 Å². The molecule has 2 bridgehead atoms. The molecule has 1 spiro atoms. The van der Waals surface area contributed by atoms with Gasteiger partial charge in [-0.05, 0) is 51.0 Å². The molecule has 3 amide bonds. The van der Waals surface area contributed by atoms with Crippen molar-refractivity contribution in [3.63, 3.8) is 0 Å². The number of nitrogens with zero attached hydrogens (tertiary/aromatic N) is 1. The summed E-state index contributed by atoms with van der Waals surface area (Å²) in [6.45, 7) is 3.81. The molecule has 3 heterocycles. The van der Waals surface area contributed by atoms with Crippen LogP contribution in [0, 0.1) is 11.8 Å². The molecule has 4 aliphatic rings. The Morgan fingerprint density at radius 3 is 2.48 bits per heavy atom. The van der Waals surface area contributed by atoms with Gasteiger partial charge in [0.05, 0.1) is 17.9 Å². The number of ether oxygens (including phenoxy) is 1. The largest absolute Gasteiger partial charge is 0.359 e. The van der Waals surface area contributed by atoms with Crippen LogP contribution in [0.2, 0.25) is 0 Å². The molecule has 176 valence electrons. The number of anilines is 1. The van der Waals surface area contributed by atoms with E-state index < -0.39 is 29.6 Å². The quantitative estimate of drug-likeness (QED) is 0.588. The molecular formula is C25H30BrN3O4. The minimum absolute atomic E-state index is 0.130. The number of carbonyl (C=O) groups excluding carboxylic acids is 3. The fourth-order valence-corrected chi connectivity index (χ4v) is 6.31. The number of hydrogen-bond donors (Lipinski definition) is 2. The molecule has 1 saturated carbocycles. The first-order valence-electron chi connectivity index (χ1n) is 11.9. The maximum Gasteiger partial charge on any atom is 0.246 e. The average Bonchev–Trinajstić information content (AvgIpc) is 3.43. The van der Waals surface area contributed by atoms with Crippen LogP contribution in [0.4, 0.5) is 5.69 Å². The lowest BCUT2D eigenvalue weighted by Crippen LogP contribution is -2.57. The van der Waals surface area contributed by atoms with Gasteiger partial charge in [0.15, 0.2) is 0 Å². The molecule has 2 saturated heterocycles. The van der Waals surface area contributed by atoms with Gasteiger partial charge in [0.2, 0.25) is 17.7 Å². The normalized spacial score (nSPS) is 33.0. The number of benzene rings is 1. The predicted molar refractivity (Wildman–Crippen MR) is 127 cm³/mol. The highest BCUT2D eigenvalue weighted by molar-refractivity contribution is 9.10. The van der Waals surface area contributed by atoms with Crippen molar-refractivity contribution in [3.05, 3.63) is 40.9 Å². The van der Waals surface area contributed by atoms with E-state index in [2.05, 4.69) is 26.6 Å². The first-order valence-corrected chi connectivity index (χ1v) is 12.7. The number of nitrogens with one attached hydrogen (secondary N) is 2. The fourth-order valence-electron chi connectivity index (χ4n) is 6.05. The topological polar surface area (TPSA) is 87.7 Å². The number of likely N-dealkylation sites (tertiary alicyclic amines) is 1. The maximum atomic E-state index is 13.7. The van der Waals surface area contributed by atoms with E-state index in [1.54, 1.807) is 17.0 Å². The lowest BCUT2D eigenvalue weighted by Gasteiger charge is -2.35. The zero-order chi connectivity index (χ0) is 23.3. The summed E-state index contributed by atoms with van der Waals surface area (Å²) in [4.78, 5) is 42.2. The van der Waals surface area contributed by atoms with Gasteiger partial charge in [0, 0.05) is 22.2 Å². The summed E-state index contributed by atoms with van der Waals surface area (Å²) in [7, 11) is 0. The molecule has 8 heteroatoms. The maximum absolute atomic E-state index is 13.7.